The van der Waals surface area contributed by atoms with Crippen molar-refractivity contribution in [3.63, 3.8) is 0 Å². The number of rotatable bonds is 3. The van der Waals surface area contributed by atoms with Gasteiger partial charge in [-0.3, -0.25) is 0 Å². The van der Waals surface area contributed by atoms with Crippen molar-refractivity contribution in [2.24, 2.45) is 0 Å². The number of hydrogen-bond donors (Lipinski definition) is 1. The third-order valence-corrected chi connectivity index (χ3v) is 5.48. The van der Waals surface area contributed by atoms with Crippen molar-refractivity contribution in [1.29, 1.82) is 0 Å². The smallest absolute Gasteiger partial charge is 0.151 e. The molecule has 0 spiro atoms. The monoisotopic (exact) mass is 349 g/mol. The minimum Gasteiger partial charge on any atom is -0.367 e. The first-order valence-corrected chi connectivity index (χ1v) is 9.16. The summed E-state index contributed by atoms with van der Waals surface area (Å²) in [5.41, 5.74) is 4.58. The van der Waals surface area contributed by atoms with Gasteiger partial charge in [0.1, 0.15) is 0 Å². The summed E-state index contributed by atoms with van der Waals surface area (Å²) in [6.07, 6.45) is 8.35. The zero-order chi connectivity index (χ0) is 17.7. The van der Waals surface area contributed by atoms with Crippen LogP contribution in [-0.4, -0.2) is 59.1 Å². The van der Waals surface area contributed by atoms with Crippen molar-refractivity contribution in [3.05, 3.63) is 36.8 Å². The Balaban J connectivity index is 1.55. The highest BCUT2D eigenvalue weighted by atomic mass is 15.3. The van der Waals surface area contributed by atoms with Gasteiger partial charge in [0.25, 0.3) is 0 Å². The molecule has 0 aliphatic carbocycles. The molecule has 2 aliphatic rings. The predicted molar refractivity (Wildman–Crippen MR) is 103 cm³/mol. The van der Waals surface area contributed by atoms with Crippen LogP contribution in [0.2, 0.25) is 0 Å². The van der Waals surface area contributed by atoms with Crippen molar-refractivity contribution >= 4 is 17.0 Å². The first kappa shape index (κ1) is 15.6. The Labute approximate surface area is 152 Å². The van der Waals surface area contributed by atoms with Crippen LogP contribution >= 0.6 is 0 Å². The Hall–Kier alpha value is -2.67. The molecule has 2 unspecified atom stereocenters. The van der Waals surface area contributed by atoms with Crippen molar-refractivity contribution in [3.8, 4) is 11.1 Å². The van der Waals surface area contributed by atoms with Crippen molar-refractivity contribution in [2.45, 2.75) is 24.9 Å². The Kier molecular flexibility index (Phi) is 3.56. The topological polar surface area (TPSA) is 61.6 Å². The molecule has 26 heavy (non-hydrogen) atoms. The normalized spacial score (nSPS) is 22.2. The zero-order valence-electron chi connectivity index (χ0n) is 15.1. The quantitative estimate of drug-likeness (QED) is 0.778. The average molecular weight is 349 g/mol. The summed E-state index contributed by atoms with van der Waals surface area (Å²) in [5, 5.41) is 16.5. The van der Waals surface area contributed by atoms with E-state index in [1.807, 2.05) is 35.9 Å². The summed E-state index contributed by atoms with van der Waals surface area (Å²) in [6.45, 7) is 2.14. The van der Waals surface area contributed by atoms with Crippen LogP contribution in [-0.2, 0) is 0 Å². The highest BCUT2D eigenvalue weighted by molar-refractivity contribution is 5.80. The van der Waals surface area contributed by atoms with E-state index < -0.39 is 0 Å². The molecule has 7 nitrogen and oxygen atoms in total. The Morgan fingerprint density at radius 2 is 1.92 bits per heavy atom. The first-order chi connectivity index (χ1) is 12.7. The molecule has 2 aliphatic heterocycles. The van der Waals surface area contributed by atoms with Gasteiger partial charge in [-0.1, -0.05) is 0 Å². The second kappa shape index (κ2) is 5.95. The van der Waals surface area contributed by atoms with Gasteiger partial charge in [-0.15, -0.1) is 5.10 Å². The number of fused-ring (bicyclic) bond motifs is 3. The molecule has 2 bridgehead atoms. The minimum atomic E-state index is 0.614. The van der Waals surface area contributed by atoms with Crippen LogP contribution in [0.25, 0.3) is 16.6 Å². The molecule has 5 heterocycles. The molecule has 3 aromatic heterocycles. The van der Waals surface area contributed by atoms with Crippen LogP contribution < -0.4 is 15.1 Å². The number of anilines is 2. The fraction of sp³-hybridized carbons (Fsp3) is 0.421. The van der Waals surface area contributed by atoms with E-state index in [2.05, 4.69) is 49.9 Å². The maximum Gasteiger partial charge on any atom is 0.151 e. The Morgan fingerprint density at radius 1 is 1.12 bits per heavy atom. The lowest BCUT2D eigenvalue weighted by Crippen LogP contribution is -2.51. The Bertz CT molecular complexity index is 936. The molecule has 2 fully saturated rings. The summed E-state index contributed by atoms with van der Waals surface area (Å²) in [7, 11) is 3.95. The number of nitrogens with one attached hydrogen (secondary N) is 1. The molecule has 3 aromatic rings. The van der Waals surface area contributed by atoms with Crippen molar-refractivity contribution in [2.75, 3.05) is 37.0 Å². The largest absolute Gasteiger partial charge is 0.367 e. The lowest BCUT2D eigenvalue weighted by atomic mass is 10.1. The van der Waals surface area contributed by atoms with Crippen LogP contribution in [0.15, 0.2) is 36.8 Å². The summed E-state index contributed by atoms with van der Waals surface area (Å²) in [5.74, 6) is 0.851. The van der Waals surface area contributed by atoms with Gasteiger partial charge in [-0.25, -0.2) is 4.52 Å². The lowest BCUT2D eigenvalue weighted by Gasteiger charge is -2.34. The molecule has 2 atom stereocenters. The van der Waals surface area contributed by atoms with Gasteiger partial charge in [-0.2, -0.15) is 10.2 Å². The molecule has 2 saturated heterocycles. The minimum absolute atomic E-state index is 0.614. The van der Waals surface area contributed by atoms with Gasteiger partial charge < -0.3 is 15.1 Å². The van der Waals surface area contributed by atoms with E-state index in [1.165, 1.54) is 18.5 Å². The van der Waals surface area contributed by atoms with E-state index in [1.54, 1.807) is 0 Å². The fourth-order valence-electron chi connectivity index (χ4n) is 4.15. The maximum absolute atomic E-state index is 4.52. The summed E-state index contributed by atoms with van der Waals surface area (Å²) < 4.78 is 1.98. The molecule has 134 valence electrons. The molecule has 7 heteroatoms. The van der Waals surface area contributed by atoms with Crippen molar-refractivity contribution < 1.29 is 0 Å². The van der Waals surface area contributed by atoms with Gasteiger partial charge in [0, 0.05) is 62.8 Å². The molecule has 1 N–H and O–H groups in total. The van der Waals surface area contributed by atoms with Crippen molar-refractivity contribution in [1.82, 2.24) is 25.1 Å². The highest BCUT2D eigenvalue weighted by Crippen LogP contribution is 2.31. The molecule has 0 aromatic carbocycles. The van der Waals surface area contributed by atoms with Crippen LogP contribution in [0.1, 0.15) is 12.8 Å². The standard InChI is InChI=1S/C19H23N7/c1-24(2)19-8-13(9-20-23-19)14-7-18-17(5-6-21-26(18)10-14)25-11-15-3-4-16(12-25)22-15/h5-10,15-16,22H,3-4,11-12H2,1-2H3. The van der Waals surface area contributed by atoms with E-state index >= 15 is 0 Å². The lowest BCUT2D eigenvalue weighted by molar-refractivity contribution is 0.466. The summed E-state index contributed by atoms with van der Waals surface area (Å²) in [6, 6.07) is 7.64. The first-order valence-electron chi connectivity index (χ1n) is 9.16. The van der Waals surface area contributed by atoms with E-state index in [-0.39, 0.29) is 0 Å². The van der Waals surface area contributed by atoms with Gasteiger partial charge in [0.05, 0.1) is 17.4 Å². The number of piperazine rings is 1. The van der Waals surface area contributed by atoms with Gasteiger partial charge in [-0.05, 0) is 31.0 Å². The summed E-state index contributed by atoms with van der Waals surface area (Å²) >= 11 is 0. The van der Waals surface area contributed by atoms with E-state index in [0.717, 1.165) is 35.6 Å². The Morgan fingerprint density at radius 3 is 2.69 bits per heavy atom. The van der Waals surface area contributed by atoms with Crippen LogP contribution in [0.4, 0.5) is 11.5 Å². The molecular formula is C19H23N7. The maximum atomic E-state index is 4.52. The van der Waals surface area contributed by atoms with E-state index in [9.17, 15) is 0 Å². The zero-order valence-corrected chi connectivity index (χ0v) is 15.1. The third-order valence-electron chi connectivity index (χ3n) is 5.48. The van der Waals surface area contributed by atoms with E-state index in [4.69, 9.17) is 0 Å². The molecule has 0 saturated carbocycles. The second-order valence-corrected chi connectivity index (χ2v) is 7.51. The SMILES string of the molecule is CN(C)c1cc(-c2cc3c(N4CC5CCC(C4)N5)ccnn3c2)cnn1. The highest BCUT2D eigenvalue weighted by Gasteiger charge is 2.32. The van der Waals surface area contributed by atoms with Crippen LogP contribution in [0, 0.1) is 0 Å². The van der Waals surface area contributed by atoms with Gasteiger partial charge >= 0.3 is 0 Å². The van der Waals surface area contributed by atoms with Gasteiger partial charge in [0.15, 0.2) is 5.82 Å². The second-order valence-electron chi connectivity index (χ2n) is 7.51. The van der Waals surface area contributed by atoms with Crippen LogP contribution in [0.5, 0.6) is 0 Å². The fourth-order valence-corrected chi connectivity index (χ4v) is 4.15. The average Bonchev–Trinajstić information content (AvgIpc) is 3.24. The molecular weight excluding hydrogens is 326 g/mol. The van der Waals surface area contributed by atoms with Crippen LogP contribution in [0.3, 0.4) is 0 Å². The predicted octanol–water partition coefficient (Wildman–Crippen LogP) is 1.80. The number of aromatic nitrogens is 4. The van der Waals surface area contributed by atoms with E-state index in [0.29, 0.717) is 12.1 Å². The molecule has 0 radical (unpaired) electrons. The number of nitrogens with zero attached hydrogens (tertiary/aromatic N) is 6. The summed E-state index contributed by atoms with van der Waals surface area (Å²) in [4.78, 5) is 4.47. The molecule has 0 amide bonds. The number of hydrogen-bond acceptors (Lipinski definition) is 6. The van der Waals surface area contributed by atoms with Gasteiger partial charge in [0.2, 0.25) is 0 Å². The third kappa shape index (κ3) is 2.59. The molecule has 5 rings (SSSR count).